The molecule has 9 nitrogen and oxygen atoms in total. The number of amides is 1. The highest BCUT2D eigenvalue weighted by atomic mass is 16.6. The van der Waals surface area contributed by atoms with E-state index in [4.69, 9.17) is 9.47 Å². The van der Waals surface area contributed by atoms with Gasteiger partial charge in [-0.25, -0.2) is 4.79 Å². The number of ether oxygens (including phenoxy) is 2. The molecule has 3 rings (SSSR count). The van der Waals surface area contributed by atoms with Crippen LogP contribution in [0.4, 0.5) is 17.1 Å². The van der Waals surface area contributed by atoms with Gasteiger partial charge in [-0.1, -0.05) is 12.1 Å². The number of non-ortho nitro benzene ring substituents is 1. The monoisotopic (exact) mass is 425 g/mol. The summed E-state index contributed by atoms with van der Waals surface area (Å²) in [6, 6.07) is 11.1. The van der Waals surface area contributed by atoms with Crippen LogP contribution in [0, 0.1) is 10.1 Å². The maximum atomic E-state index is 13.0. The van der Waals surface area contributed by atoms with Crippen molar-refractivity contribution < 1.29 is 24.0 Å². The fourth-order valence-electron chi connectivity index (χ4n) is 3.13. The van der Waals surface area contributed by atoms with Gasteiger partial charge in [0.1, 0.15) is 0 Å². The first-order chi connectivity index (χ1) is 15.0. The Labute approximate surface area is 179 Å². The molecule has 1 heterocycles. The number of hydrogen-bond donors (Lipinski definition) is 1. The van der Waals surface area contributed by atoms with Crippen molar-refractivity contribution in [2.24, 2.45) is 0 Å². The Bertz CT molecular complexity index is 981. The molecule has 9 heteroatoms. The van der Waals surface area contributed by atoms with Gasteiger partial charge in [-0.05, 0) is 36.8 Å². The lowest BCUT2D eigenvalue weighted by molar-refractivity contribution is -0.384. The Morgan fingerprint density at radius 1 is 1.19 bits per heavy atom. The molecular formula is C22H23N3O6. The Kier molecular flexibility index (Phi) is 7.34. The summed E-state index contributed by atoms with van der Waals surface area (Å²) in [4.78, 5) is 37.0. The Morgan fingerprint density at radius 3 is 2.55 bits per heavy atom. The van der Waals surface area contributed by atoms with Crippen molar-refractivity contribution in [2.45, 2.75) is 6.92 Å². The van der Waals surface area contributed by atoms with E-state index >= 15 is 0 Å². The van der Waals surface area contributed by atoms with Gasteiger partial charge < -0.3 is 19.7 Å². The highest BCUT2D eigenvalue weighted by molar-refractivity contribution is 6.08. The summed E-state index contributed by atoms with van der Waals surface area (Å²) in [6.07, 6.45) is 2.94. The average Bonchev–Trinajstić information content (AvgIpc) is 2.79. The van der Waals surface area contributed by atoms with Crippen LogP contribution in [0.5, 0.6) is 0 Å². The second-order valence-electron chi connectivity index (χ2n) is 6.72. The summed E-state index contributed by atoms with van der Waals surface area (Å²) in [6.45, 7) is 4.28. The second kappa shape index (κ2) is 10.4. The first-order valence-electron chi connectivity index (χ1n) is 9.85. The van der Waals surface area contributed by atoms with Gasteiger partial charge in [-0.15, -0.1) is 0 Å². The number of hydrogen-bond acceptors (Lipinski definition) is 7. The Balaban J connectivity index is 1.78. The van der Waals surface area contributed by atoms with Crippen molar-refractivity contribution in [1.29, 1.82) is 0 Å². The smallest absolute Gasteiger partial charge is 0.330 e. The minimum atomic E-state index is -0.523. The molecule has 0 radical (unpaired) electrons. The molecule has 2 aromatic carbocycles. The number of carbonyl (C=O) groups excluding carboxylic acids is 2. The zero-order valence-electron chi connectivity index (χ0n) is 17.1. The van der Waals surface area contributed by atoms with Crippen LogP contribution < -0.4 is 10.2 Å². The van der Waals surface area contributed by atoms with E-state index in [2.05, 4.69) is 5.32 Å². The molecule has 0 atom stereocenters. The number of anilines is 2. The zero-order chi connectivity index (χ0) is 22.2. The molecule has 0 aromatic heterocycles. The summed E-state index contributed by atoms with van der Waals surface area (Å²) in [5.41, 5.74) is 1.98. The van der Waals surface area contributed by atoms with E-state index in [-0.39, 0.29) is 11.3 Å². The first kappa shape index (κ1) is 22.0. The van der Waals surface area contributed by atoms with Gasteiger partial charge >= 0.3 is 5.97 Å². The third-order valence-electron chi connectivity index (χ3n) is 4.65. The maximum Gasteiger partial charge on any atom is 0.330 e. The van der Waals surface area contributed by atoms with Crippen LogP contribution in [-0.4, -0.2) is 49.7 Å². The number of nitrogens with zero attached hydrogens (tertiary/aromatic N) is 2. The van der Waals surface area contributed by atoms with Gasteiger partial charge in [0, 0.05) is 37.0 Å². The normalized spacial score (nSPS) is 13.8. The molecule has 1 saturated heterocycles. The molecule has 0 saturated carbocycles. The van der Waals surface area contributed by atoms with Crippen molar-refractivity contribution in [1.82, 2.24) is 0 Å². The Hall–Kier alpha value is -3.72. The van der Waals surface area contributed by atoms with Crippen molar-refractivity contribution in [3.63, 3.8) is 0 Å². The predicted octanol–water partition coefficient (Wildman–Crippen LogP) is 3.26. The topological polar surface area (TPSA) is 111 Å². The van der Waals surface area contributed by atoms with Crippen LogP contribution in [0.15, 0.2) is 48.5 Å². The lowest BCUT2D eigenvalue weighted by Gasteiger charge is -2.30. The first-order valence-corrected chi connectivity index (χ1v) is 9.85. The molecule has 1 aliphatic heterocycles. The average molecular weight is 425 g/mol. The second-order valence-corrected chi connectivity index (χ2v) is 6.72. The van der Waals surface area contributed by atoms with Gasteiger partial charge in [-0.2, -0.15) is 0 Å². The number of nitrogens with one attached hydrogen (secondary N) is 1. The van der Waals surface area contributed by atoms with Gasteiger partial charge in [0.15, 0.2) is 0 Å². The van der Waals surface area contributed by atoms with E-state index in [0.717, 1.165) is 5.56 Å². The zero-order valence-corrected chi connectivity index (χ0v) is 17.1. The van der Waals surface area contributed by atoms with Crippen LogP contribution in [0.2, 0.25) is 0 Å². The molecule has 2 aromatic rings. The van der Waals surface area contributed by atoms with E-state index in [1.165, 1.54) is 18.2 Å². The Morgan fingerprint density at radius 2 is 1.90 bits per heavy atom. The standard InChI is InChI=1S/C22H23N3O6/c1-2-31-21(26)10-5-16-3-6-17(7-4-16)23-22(27)19-15-18(25(28)29)8-9-20(19)24-11-13-30-14-12-24/h3-10,15H,2,11-14H2,1H3,(H,23,27)/b10-5+. The summed E-state index contributed by atoms with van der Waals surface area (Å²) in [5, 5.41) is 14.0. The number of nitro groups is 1. The molecule has 1 amide bonds. The van der Waals surface area contributed by atoms with Crippen LogP contribution in [0.25, 0.3) is 6.08 Å². The molecule has 31 heavy (non-hydrogen) atoms. The summed E-state index contributed by atoms with van der Waals surface area (Å²) in [7, 11) is 0. The van der Waals surface area contributed by atoms with E-state index in [9.17, 15) is 19.7 Å². The number of nitro benzene ring substituents is 1. The molecule has 0 aliphatic carbocycles. The molecule has 1 aliphatic rings. The number of carbonyl (C=O) groups is 2. The summed E-state index contributed by atoms with van der Waals surface area (Å²) >= 11 is 0. The summed E-state index contributed by atoms with van der Waals surface area (Å²) in [5.74, 6) is -0.874. The number of benzene rings is 2. The van der Waals surface area contributed by atoms with Crippen LogP contribution >= 0.6 is 0 Å². The van der Waals surface area contributed by atoms with E-state index in [0.29, 0.717) is 44.3 Å². The third-order valence-corrected chi connectivity index (χ3v) is 4.65. The van der Waals surface area contributed by atoms with Crippen molar-refractivity contribution in [2.75, 3.05) is 43.1 Å². The molecule has 0 unspecified atom stereocenters. The lowest BCUT2D eigenvalue weighted by Crippen LogP contribution is -2.37. The maximum absolute atomic E-state index is 13.0. The van der Waals surface area contributed by atoms with E-state index in [1.54, 1.807) is 43.3 Å². The van der Waals surface area contributed by atoms with Crippen LogP contribution in [-0.2, 0) is 14.3 Å². The molecule has 1 N–H and O–H groups in total. The molecular weight excluding hydrogens is 402 g/mol. The number of rotatable bonds is 7. The molecule has 0 bridgehead atoms. The van der Waals surface area contributed by atoms with Crippen molar-refractivity contribution in [3.8, 4) is 0 Å². The molecule has 1 fully saturated rings. The number of morpholine rings is 1. The largest absolute Gasteiger partial charge is 0.463 e. The summed E-state index contributed by atoms with van der Waals surface area (Å²) < 4.78 is 10.2. The number of esters is 1. The van der Waals surface area contributed by atoms with Gasteiger partial charge in [0.25, 0.3) is 11.6 Å². The fraction of sp³-hybridized carbons (Fsp3) is 0.273. The molecule has 0 spiro atoms. The van der Waals surface area contributed by atoms with Crippen molar-refractivity contribution in [3.05, 3.63) is 69.8 Å². The highest BCUT2D eigenvalue weighted by Gasteiger charge is 2.22. The SMILES string of the molecule is CCOC(=O)/C=C/c1ccc(NC(=O)c2cc([N+](=O)[O-])ccc2N2CCOCC2)cc1. The lowest BCUT2D eigenvalue weighted by atomic mass is 10.1. The predicted molar refractivity (Wildman–Crippen MR) is 116 cm³/mol. The minimum Gasteiger partial charge on any atom is -0.463 e. The van der Waals surface area contributed by atoms with Crippen molar-refractivity contribution >= 4 is 35.0 Å². The van der Waals surface area contributed by atoms with Gasteiger partial charge in [0.2, 0.25) is 0 Å². The van der Waals surface area contributed by atoms with E-state index < -0.39 is 16.8 Å². The third kappa shape index (κ3) is 5.89. The molecule has 162 valence electrons. The van der Waals surface area contributed by atoms with Crippen LogP contribution in [0.3, 0.4) is 0 Å². The van der Waals surface area contributed by atoms with Crippen LogP contribution in [0.1, 0.15) is 22.8 Å². The van der Waals surface area contributed by atoms with Gasteiger partial charge in [-0.3, -0.25) is 14.9 Å². The van der Waals surface area contributed by atoms with E-state index in [1.807, 2.05) is 4.90 Å². The highest BCUT2D eigenvalue weighted by Crippen LogP contribution is 2.27. The minimum absolute atomic E-state index is 0.151. The fourth-order valence-corrected chi connectivity index (χ4v) is 3.13. The quantitative estimate of drug-likeness (QED) is 0.314. The van der Waals surface area contributed by atoms with Gasteiger partial charge in [0.05, 0.1) is 36.0 Å².